The average molecular weight is 369 g/mol. The predicted molar refractivity (Wildman–Crippen MR) is 112 cm³/mol. The van der Waals surface area contributed by atoms with Crippen LogP contribution in [0, 0.1) is 0 Å². The van der Waals surface area contributed by atoms with Crippen LogP contribution in [0.15, 0.2) is 95.1 Å². The van der Waals surface area contributed by atoms with E-state index >= 15 is 0 Å². The van der Waals surface area contributed by atoms with Gasteiger partial charge < -0.3 is 5.32 Å². The van der Waals surface area contributed by atoms with Gasteiger partial charge in [0, 0.05) is 23.7 Å². The van der Waals surface area contributed by atoms with Crippen molar-refractivity contribution < 1.29 is 9.59 Å². The molecule has 0 unspecified atom stereocenters. The van der Waals surface area contributed by atoms with Crippen LogP contribution in [0.4, 0.5) is 5.69 Å². The Morgan fingerprint density at radius 2 is 1.36 bits per heavy atom. The highest BCUT2D eigenvalue weighted by molar-refractivity contribution is 6.51. The minimum absolute atomic E-state index is 0.127. The Morgan fingerprint density at radius 3 is 1.93 bits per heavy atom. The fourth-order valence-corrected chi connectivity index (χ4v) is 2.57. The van der Waals surface area contributed by atoms with Crippen LogP contribution in [0.3, 0.4) is 0 Å². The van der Waals surface area contributed by atoms with E-state index in [1.54, 1.807) is 30.5 Å². The summed E-state index contributed by atoms with van der Waals surface area (Å²) in [5.74, 6) is -0.317. The molecule has 5 heteroatoms. The third-order valence-corrected chi connectivity index (χ3v) is 3.89. The van der Waals surface area contributed by atoms with Gasteiger partial charge in [0.1, 0.15) is 5.71 Å². The fraction of sp³-hybridized carbons (Fsp3) is 0.0435. The molecule has 3 aromatic carbocycles. The molecule has 0 aliphatic carbocycles. The van der Waals surface area contributed by atoms with E-state index in [0.29, 0.717) is 16.8 Å². The molecule has 5 nitrogen and oxygen atoms in total. The summed E-state index contributed by atoms with van der Waals surface area (Å²) in [5, 5.41) is 11.0. The van der Waals surface area contributed by atoms with Gasteiger partial charge in [-0.3, -0.25) is 9.59 Å². The summed E-state index contributed by atoms with van der Waals surface area (Å²) in [6, 6.07) is 25.4. The number of Topliss-reactive ketones (excluding diaryl/α,β-unsaturated/α-hetero) is 1. The van der Waals surface area contributed by atoms with Crippen molar-refractivity contribution in [2.75, 3.05) is 5.32 Å². The van der Waals surface area contributed by atoms with Gasteiger partial charge in [0.25, 0.3) is 0 Å². The first-order valence-corrected chi connectivity index (χ1v) is 8.77. The van der Waals surface area contributed by atoms with Gasteiger partial charge in [-0.05, 0) is 17.7 Å². The zero-order valence-electron chi connectivity index (χ0n) is 15.4. The minimum atomic E-state index is -0.190. The quantitative estimate of drug-likeness (QED) is 0.399. The first-order valence-electron chi connectivity index (χ1n) is 8.77. The summed E-state index contributed by atoms with van der Waals surface area (Å²) in [6.45, 7) is 1.46. The van der Waals surface area contributed by atoms with Crippen LogP contribution in [0.25, 0.3) is 0 Å². The van der Waals surface area contributed by atoms with Crippen LogP contribution in [0.2, 0.25) is 0 Å². The molecule has 0 spiro atoms. The van der Waals surface area contributed by atoms with E-state index in [9.17, 15) is 9.59 Å². The second kappa shape index (κ2) is 9.19. The maximum atomic E-state index is 12.9. The van der Waals surface area contributed by atoms with E-state index in [0.717, 1.165) is 5.56 Å². The molecule has 28 heavy (non-hydrogen) atoms. The molecule has 0 heterocycles. The highest BCUT2D eigenvalue weighted by atomic mass is 16.1. The Bertz CT molecular complexity index is 1010. The van der Waals surface area contributed by atoms with E-state index in [4.69, 9.17) is 0 Å². The van der Waals surface area contributed by atoms with Gasteiger partial charge in [-0.2, -0.15) is 5.10 Å². The second-order valence-corrected chi connectivity index (χ2v) is 6.06. The Kier molecular flexibility index (Phi) is 6.21. The van der Waals surface area contributed by atoms with Crippen molar-refractivity contribution in [3.8, 4) is 0 Å². The van der Waals surface area contributed by atoms with Crippen LogP contribution < -0.4 is 5.32 Å². The highest BCUT2D eigenvalue weighted by Gasteiger charge is 2.15. The lowest BCUT2D eigenvalue weighted by atomic mass is 10.0. The van der Waals surface area contributed by atoms with Gasteiger partial charge in [0.2, 0.25) is 11.7 Å². The molecule has 1 amide bonds. The number of benzene rings is 3. The van der Waals surface area contributed by atoms with Crippen molar-refractivity contribution in [3.05, 3.63) is 102 Å². The molecule has 0 aliphatic rings. The van der Waals surface area contributed by atoms with Crippen LogP contribution in [0.5, 0.6) is 0 Å². The Labute approximate surface area is 163 Å². The summed E-state index contributed by atoms with van der Waals surface area (Å²) in [7, 11) is 0. The van der Waals surface area contributed by atoms with Crippen molar-refractivity contribution in [2.24, 2.45) is 10.2 Å². The molecule has 3 aromatic rings. The van der Waals surface area contributed by atoms with Gasteiger partial charge in [-0.1, -0.05) is 72.8 Å². The fourth-order valence-electron chi connectivity index (χ4n) is 2.57. The topological polar surface area (TPSA) is 70.9 Å². The van der Waals surface area contributed by atoms with Gasteiger partial charge in [0.15, 0.2) is 0 Å². The van der Waals surface area contributed by atoms with Crippen LogP contribution in [0.1, 0.15) is 28.4 Å². The summed E-state index contributed by atoms with van der Waals surface area (Å²) in [4.78, 5) is 24.0. The maximum absolute atomic E-state index is 12.9. The van der Waals surface area contributed by atoms with Crippen molar-refractivity contribution in [1.29, 1.82) is 0 Å². The Hall–Kier alpha value is -3.86. The van der Waals surface area contributed by atoms with E-state index in [1.807, 2.05) is 60.7 Å². The zero-order chi connectivity index (χ0) is 19.8. The van der Waals surface area contributed by atoms with Gasteiger partial charge in [-0.25, -0.2) is 0 Å². The van der Waals surface area contributed by atoms with Gasteiger partial charge in [0.05, 0.1) is 6.21 Å². The largest absolute Gasteiger partial charge is 0.326 e. The third-order valence-electron chi connectivity index (χ3n) is 3.89. The highest BCUT2D eigenvalue weighted by Crippen LogP contribution is 2.11. The number of ketones is 1. The smallest absolute Gasteiger partial charge is 0.221 e. The molecule has 0 atom stereocenters. The molecular formula is C23H19N3O2. The SMILES string of the molecule is CC(=O)Nc1ccc(C=NN=C(C(=O)c2ccccc2)c2ccccc2)cc1. The van der Waals surface area contributed by atoms with E-state index in [2.05, 4.69) is 15.5 Å². The lowest BCUT2D eigenvalue weighted by Gasteiger charge is -2.04. The van der Waals surface area contributed by atoms with E-state index in [-0.39, 0.29) is 17.4 Å². The standard InChI is InChI=1S/C23H19N3O2/c1-17(27)25-21-14-12-18(13-15-21)16-24-26-22(19-8-4-2-5-9-19)23(28)20-10-6-3-7-11-20/h2-16H,1H3,(H,25,27). The molecule has 0 aliphatic heterocycles. The molecule has 138 valence electrons. The molecule has 1 N–H and O–H groups in total. The van der Waals surface area contributed by atoms with Crippen molar-refractivity contribution in [2.45, 2.75) is 6.92 Å². The lowest BCUT2D eigenvalue weighted by molar-refractivity contribution is -0.114. The lowest BCUT2D eigenvalue weighted by Crippen LogP contribution is -2.15. The number of amides is 1. The number of carbonyl (C=O) groups excluding carboxylic acids is 2. The number of anilines is 1. The summed E-state index contributed by atoms with van der Waals surface area (Å²) >= 11 is 0. The first kappa shape index (κ1) is 18.9. The minimum Gasteiger partial charge on any atom is -0.326 e. The number of nitrogens with one attached hydrogen (secondary N) is 1. The van der Waals surface area contributed by atoms with Crippen LogP contribution in [-0.4, -0.2) is 23.6 Å². The summed E-state index contributed by atoms with van der Waals surface area (Å²) in [6.07, 6.45) is 1.57. The molecule has 3 rings (SSSR count). The van der Waals surface area contributed by atoms with Crippen LogP contribution in [-0.2, 0) is 4.79 Å². The van der Waals surface area contributed by atoms with Crippen molar-refractivity contribution in [1.82, 2.24) is 0 Å². The first-order chi connectivity index (χ1) is 13.6. The number of hydrogen-bond donors (Lipinski definition) is 1. The van der Waals surface area contributed by atoms with Gasteiger partial charge in [-0.15, -0.1) is 5.10 Å². The number of nitrogens with zero attached hydrogens (tertiary/aromatic N) is 2. The average Bonchev–Trinajstić information content (AvgIpc) is 2.73. The van der Waals surface area contributed by atoms with E-state index < -0.39 is 0 Å². The molecule has 0 radical (unpaired) electrons. The summed E-state index contributed by atoms with van der Waals surface area (Å²) in [5.41, 5.74) is 3.04. The van der Waals surface area contributed by atoms with Crippen molar-refractivity contribution in [3.63, 3.8) is 0 Å². The molecule has 0 saturated heterocycles. The normalized spacial score (nSPS) is 11.4. The predicted octanol–water partition coefficient (Wildman–Crippen LogP) is 4.35. The molecule has 0 aromatic heterocycles. The molecule has 0 fully saturated rings. The van der Waals surface area contributed by atoms with Crippen molar-refractivity contribution >= 4 is 29.3 Å². The molecule has 0 bridgehead atoms. The monoisotopic (exact) mass is 369 g/mol. The summed E-state index contributed by atoms with van der Waals surface area (Å²) < 4.78 is 0. The zero-order valence-corrected chi connectivity index (χ0v) is 15.4. The second-order valence-electron chi connectivity index (χ2n) is 6.06. The molecular weight excluding hydrogens is 350 g/mol. The Morgan fingerprint density at radius 1 is 0.786 bits per heavy atom. The number of rotatable bonds is 6. The number of carbonyl (C=O) groups is 2. The maximum Gasteiger partial charge on any atom is 0.221 e. The Balaban J connectivity index is 1.86. The van der Waals surface area contributed by atoms with Gasteiger partial charge >= 0.3 is 0 Å². The van der Waals surface area contributed by atoms with E-state index in [1.165, 1.54) is 6.92 Å². The number of hydrogen-bond acceptors (Lipinski definition) is 4. The third kappa shape index (κ3) is 5.08. The van der Waals surface area contributed by atoms with Crippen LogP contribution >= 0.6 is 0 Å². The molecule has 0 saturated carbocycles.